The quantitative estimate of drug-likeness (QED) is 0.567. The highest BCUT2D eigenvalue weighted by Crippen LogP contribution is 2.29. The number of anilines is 1. The monoisotopic (exact) mass is 446 g/mol. The van der Waals surface area contributed by atoms with Crippen LogP contribution in [0.5, 0.6) is 5.75 Å². The van der Waals surface area contributed by atoms with Crippen LogP contribution in [-0.4, -0.2) is 23.9 Å². The Kier molecular flexibility index (Phi) is 5.60. The van der Waals surface area contributed by atoms with Gasteiger partial charge in [-0.2, -0.15) is 0 Å². The van der Waals surface area contributed by atoms with Gasteiger partial charge in [-0.25, -0.2) is 14.1 Å². The zero-order valence-electron chi connectivity index (χ0n) is 15.0. The number of hydrogen-bond acceptors (Lipinski definition) is 4. The molecule has 2 aromatic carbocycles. The van der Waals surface area contributed by atoms with Crippen molar-refractivity contribution in [2.45, 2.75) is 20.0 Å². The van der Waals surface area contributed by atoms with Crippen molar-refractivity contribution >= 4 is 45.5 Å². The van der Waals surface area contributed by atoms with Crippen LogP contribution in [0.25, 0.3) is 6.08 Å². The molecule has 3 rings (SSSR count). The molecule has 4 amide bonds. The molecule has 1 aliphatic rings. The lowest BCUT2D eigenvalue weighted by Gasteiger charge is -2.26. The normalized spacial score (nSPS) is 16.0. The third kappa shape index (κ3) is 3.96. The average molecular weight is 447 g/mol. The van der Waals surface area contributed by atoms with Crippen molar-refractivity contribution in [1.82, 2.24) is 5.32 Å². The topological polar surface area (TPSA) is 75.7 Å². The second kappa shape index (κ2) is 7.93. The number of imide groups is 2. The van der Waals surface area contributed by atoms with Crippen LogP contribution in [0.15, 0.2) is 52.5 Å². The van der Waals surface area contributed by atoms with Crippen LogP contribution < -0.4 is 15.0 Å². The smallest absolute Gasteiger partial charge is 0.336 e. The van der Waals surface area contributed by atoms with Gasteiger partial charge in [0.2, 0.25) is 0 Å². The maximum Gasteiger partial charge on any atom is 0.336 e. The minimum atomic E-state index is -1.01. The van der Waals surface area contributed by atoms with Crippen LogP contribution >= 0.6 is 15.9 Å². The minimum Gasteiger partial charge on any atom is -0.490 e. The van der Waals surface area contributed by atoms with E-state index in [0.29, 0.717) is 20.7 Å². The number of nitrogens with one attached hydrogen (secondary N) is 1. The zero-order valence-corrected chi connectivity index (χ0v) is 16.6. The van der Waals surface area contributed by atoms with Crippen LogP contribution in [0.4, 0.5) is 14.9 Å². The van der Waals surface area contributed by atoms with Gasteiger partial charge in [0, 0.05) is 10.0 Å². The number of urea groups is 1. The number of carbonyl (C=O) groups excluding carboxylic acids is 3. The number of amides is 4. The Hall–Kier alpha value is -3.00. The molecule has 1 aliphatic heterocycles. The fraction of sp³-hybridized carbons (Fsp3) is 0.150. The molecule has 8 heteroatoms. The molecule has 0 atom stereocenters. The Morgan fingerprint density at radius 3 is 2.54 bits per heavy atom. The van der Waals surface area contributed by atoms with Crippen molar-refractivity contribution in [3.05, 3.63) is 63.9 Å². The Balaban J connectivity index is 2.08. The van der Waals surface area contributed by atoms with E-state index in [1.165, 1.54) is 24.3 Å². The standard InChI is InChI=1S/C20H16BrFN2O4/c1-11(2)28-17-8-7-13(21)9-12(17)10-14-18(25)23-20(27)24(19(14)26)16-6-4-3-5-15(16)22/h3-11H,1-2H3,(H,23,25,27)/b14-10-. The van der Waals surface area contributed by atoms with Gasteiger partial charge in [0.25, 0.3) is 11.8 Å². The lowest BCUT2D eigenvalue weighted by molar-refractivity contribution is -0.122. The predicted octanol–water partition coefficient (Wildman–Crippen LogP) is 4.04. The number of ether oxygens (including phenoxy) is 1. The summed E-state index contributed by atoms with van der Waals surface area (Å²) in [6.45, 7) is 3.69. The summed E-state index contributed by atoms with van der Waals surface area (Å²) in [7, 11) is 0. The second-order valence-electron chi connectivity index (χ2n) is 6.26. The average Bonchev–Trinajstić information content (AvgIpc) is 2.62. The fourth-order valence-electron chi connectivity index (χ4n) is 2.66. The second-order valence-corrected chi connectivity index (χ2v) is 7.17. The van der Waals surface area contributed by atoms with E-state index in [1.807, 2.05) is 13.8 Å². The van der Waals surface area contributed by atoms with E-state index in [-0.39, 0.29) is 17.4 Å². The molecule has 1 N–H and O–H groups in total. The lowest BCUT2D eigenvalue weighted by Crippen LogP contribution is -2.54. The van der Waals surface area contributed by atoms with Crippen LogP contribution in [0, 0.1) is 5.82 Å². The molecule has 0 bridgehead atoms. The molecule has 1 saturated heterocycles. The summed E-state index contributed by atoms with van der Waals surface area (Å²) >= 11 is 3.34. The van der Waals surface area contributed by atoms with E-state index in [1.54, 1.807) is 18.2 Å². The van der Waals surface area contributed by atoms with Gasteiger partial charge in [-0.05, 0) is 50.3 Å². The molecule has 0 saturated carbocycles. The first-order chi connectivity index (χ1) is 13.3. The van der Waals surface area contributed by atoms with Gasteiger partial charge in [-0.1, -0.05) is 28.1 Å². The van der Waals surface area contributed by atoms with E-state index in [4.69, 9.17) is 4.74 Å². The lowest BCUT2D eigenvalue weighted by atomic mass is 10.1. The summed E-state index contributed by atoms with van der Waals surface area (Å²) in [5.74, 6) is -2.08. The molecule has 0 aliphatic carbocycles. The Labute approximate surface area is 169 Å². The van der Waals surface area contributed by atoms with Crippen molar-refractivity contribution in [1.29, 1.82) is 0 Å². The zero-order chi connectivity index (χ0) is 20.4. The summed E-state index contributed by atoms with van der Waals surface area (Å²) < 4.78 is 20.6. The Morgan fingerprint density at radius 2 is 1.86 bits per heavy atom. The van der Waals surface area contributed by atoms with Gasteiger partial charge >= 0.3 is 6.03 Å². The van der Waals surface area contributed by atoms with Crippen molar-refractivity contribution in [3.8, 4) is 5.75 Å². The van der Waals surface area contributed by atoms with Gasteiger partial charge < -0.3 is 4.74 Å². The highest BCUT2D eigenvalue weighted by Gasteiger charge is 2.38. The number of rotatable bonds is 4. The molecule has 2 aromatic rings. The van der Waals surface area contributed by atoms with E-state index < -0.39 is 23.7 Å². The van der Waals surface area contributed by atoms with Gasteiger partial charge in [0.15, 0.2) is 0 Å². The van der Waals surface area contributed by atoms with E-state index in [0.717, 1.165) is 6.07 Å². The molecule has 6 nitrogen and oxygen atoms in total. The molecular formula is C20H16BrFN2O4. The van der Waals surface area contributed by atoms with Crippen molar-refractivity contribution in [3.63, 3.8) is 0 Å². The highest BCUT2D eigenvalue weighted by atomic mass is 79.9. The fourth-order valence-corrected chi connectivity index (χ4v) is 3.04. The SMILES string of the molecule is CC(C)Oc1ccc(Br)cc1/C=C1/C(=O)NC(=O)N(c2ccccc2F)C1=O. The summed E-state index contributed by atoms with van der Waals surface area (Å²) in [6.07, 6.45) is 1.19. The molecule has 1 heterocycles. The number of hydrogen-bond donors (Lipinski definition) is 1. The number of benzene rings is 2. The molecular weight excluding hydrogens is 431 g/mol. The van der Waals surface area contributed by atoms with Gasteiger partial charge in [0.1, 0.15) is 17.1 Å². The summed E-state index contributed by atoms with van der Waals surface area (Å²) in [5, 5.41) is 2.07. The van der Waals surface area contributed by atoms with Gasteiger partial charge in [-0.15, -0.1) is 0 Å². The Bertz CT molecular complexity index is 1000. The molecule has 0 unspecified atom stereocenters. The molecule has 144 valence electrons. The molecule has 0 radical (unpaired) electrons. The molecule has 1 fully saturated rings. The first-order valence-electron chi connectivity index (χ1n) is 8.40. The summed E-state index contributed by atoms with van der Waals surface area (Å²) in [5.41, 5.74) is -0.0877. The van der Waals surface area contributed by atoms with Crippen molar-refractivity contribution in [2.24, 2.45) is 0 Å². The van der Waals surface area contributed by atoms with Crippen LogP contribution in [0.3, 0.4) is 0 Å². The first kappa shape index (κ1) is 19.8. The van der Waals surface area contributed by atoms with E-state index in [2.05, 4.69) is 21.2 Å². The number of halogens is 2. The summed E-state index contributed by atoms with van der Waals surface area (Å²) in [4.78, 5) is 38.0. The summed E-state index contributed by atoms with van der Waals surface area (Å²) in [6, 6.07) is 9.45. The van der Waals surface area contributed by atoms with Crippen molar-refractivity contribution < 1.29 is 23.5 Å². The third-order valence-electron chi connectivity index (χ3n) is 3.83. The van der Waals surface area contributed by atoms with E-state index in [9.17, 15) is 18.8 Å². The number of para-hydroxylation sites is 1. The van der Waals surface area contributed by atoms with Gasteiger partial charge in [-0.3, -0.25) is 14.9 Å². The number of nitrogens with zero attached hydrogens (tertiary/aromatic N) is 1. The minimum absolute atomic E-state index is 0.134. The molecule has 28 heavy (non-hydrogen) atoms. The van der Waals surface area contributed by atoms with E-state index >= 15 is 0 Å². The Morgan fingerprint density at radius 1 is 1.14 bits per heavy atom. The van der Waals surface area contributed by atoms with Crippen LogP contribution in [0.1, 0.15) is 19.4 Å². The van der Waals surface area contributed by atoms with Gasteiger partial charge in [0.05, 0.1) is 11.8 Å². The number of barbiturate groups is 1. The first-order valence-corrected chi connectivity index (χ1v) is 9.19. The van der Waals surface area contributed by atoms with Crippen LogP contribution in [-0.2, 0) is 9.59 Å². The molecule has 0 aromatic heterocycles. The predicted molar refractivity (Wildman–Crippen MR) is 105 cm³/mol. The third-order valence-corrected chi connectivity index (χ3v) is 4.32. The largest absolute Gasteiger partial charge is 0.490 e. The van der Waals surface area contributed by atoms with Crippen molar-refractivity contribution in [2.75, 3.05) is 4.90 Å². The maximum atomic E-state index is 14.1. The maximum absolute atomic E-state index is 14.1. The highest BCUT2D eigenvalue weighted by molar-refractivity contribution is 9.10. The molecule has 0 spiro atoms. The number of carbonyl (C=O) groups is 3. The van der Waals surface area contributed by atoms with Crippen LogP contribution in [0.2, 0.25) is 0 Å².